The van der Waals surface area contributed by atoms with Crippen LogP contribution in [-0.2, 0) is 10.2 Å². The van der Waals surface area contributed by atoms with Crippen molar-refractivity contribution in [2.75, 3.05) is 12.4 Å². The van der Waals surface area contributed by atoms with E-state index in [9.17, 15) is 4.79 Å². The summed E-state index contributed by atoms with van der Waals surface area (Å²) in [5.41, 5.74) is 3.04. The number of benzene rings is 2. The van der Waals surface area contributed by atoms with Gasteiger partial charge in [-0.05, 0) is 47.4 Å². The van der Waals surface area contributed by atoms with Gasteiger partial charge in [0.25, 0.3) is 0 Å². The molecule has 1 amide bonds. The summed E-state index contributed by atoms with van der Waals surface area (Å²) in [5.74, 6) is 0.476. The maximum Gasteiger partial charge on any atom is 0.250 e. The summed E-state index contributed by atoms with van der Waals surface area (Å²) in [6.07, 6.45) is 3.21. The van der Waals surface area contributed by atoms with Crippen molar-refractivity contribution >= 4 is 54.6 Å². The Hall–Kier alpha value is -2.18. The molecule has 0 saturated heterocycles. The van der Waals surface area contributed by atoms with Crippen molar-refractivity contribution in [3.8, 4) is 5.75 Å². The Morgan fingerprint density at radius 3 is 2.70 bits per heavy atom. The highest BCUT2D eigenvalue weighted by molar-refractivity contribution is 9.10. The lowest BCUT2D eigenvalue weighted by Gasteiger charge is -2.18. The third-order valence-corrected chi connectivity index (χ3v) is 5.52. The highest BCUT2D eigenvalue weighted by atomic mass is 79.9. The second kappa shape index (κ2) is 7.82. The minimum absolute atomic E-state index is 0.0767. The molecule has 0 radical (unpaired) electrons. The van der Waals surface area contributed by atoms with Crippen LogP contribution in [0.1, 0.15) is 31.9 Å². The number of carbonyl (C=O) groups excluding carboxylic acids is 1. The number of amides is 1. The van der Waals surface area contributed by atoms with Gasteiger partial charge in [0, 0.05) is 16.1 Å². The number of anilines is 1. The molecule has 140 valence electrons. The smallest absolute Gasteiger partial charge is 0.250 e. The Balaban J connectivity index is 1.77. The van der Waals surface area contributed by atoms with Crippen LogP contribution in [0.4, 0.5) is 5.13 Å². The zero-order chi connectivity index (χ0) is 19.6. The SMILES string of the molecule is COc1ccc(Br)cc1/C=C/C(=O)Nc1nc2ccc(C(C)(C)C)cc2s1. The summed E-state index contributed by atoms with van der Waals surface area (Å²) >= 11 is 4.91. The van der Waals surface area contributed by atoms with Gasteiger partial charge in [0.15, 0.2) is 5.13 Å². The molecule has 1 aromatic heterocycles. The minimum atomic E-state index is -0.230. The zero-order valence-corrected chi connectivity index (χ0v) is 18.1. The van der Waals surface area contributed by atoms with Gasteiger partial charge in [-0.3, -0.25) is 10.1 Å². The van der Waals surface area contributed by atoms with Crippen molar-refractivity contribution in [2.24, 2.45) is 0 Å². The molecule has 0 unspecified atom stereocenters. The minimum Gasteiger partial charge on any atom is -0.496 e. The van der Waals surface area contributed by atoms with Crippen LogP contribution in [0.25, 0.3) is 16.3 Å². The lowest BCUT2D eigenvalue weighted by Crippen LogP contribution is -2.10. The van der Waals surface area contributed by atoms with E-state index in [1.807, 2.05) is 24.3 Å². The van der Waals surface area contributed by atoms with Crippen molar-refractivity contribution in [1.29, 1.82) is 0 Å². The van der Waals surface area contributed by atoms with E-state index in [2.05, 4.69) is 59.1 Å². The quantitative estimate of drug-likeness (QED) is 0.500. The van der Waals surface area contributed by atoms with Gasteiger partial charge < -0.3 is 4.74 Å². The number of nitrogens with zero attached hydrogens (tertiary/aromatic N) is 1. The van der Waals surface area contributed by atoms with E-state index in [1.54, 1.807) is 13.2 Å². The van der Waals surface area contributed by atoms with Crippen LogP contribution in [-0.4, -0.2) is 18.0 Å². The molecule has 1 heterocycles. The molecule has 0 fully saturated rings. The van der Waals surface area contributed by atoms with Gasteiger partial charge >= 0.3 is 0 Å². The molecule has 0 spiro atoms. The fraction of sp³-hybridized carbons (Fsp3) is 0.238. The third kappa shape index (κ3) is 4.76. The van der Waals surface area contributed by atoms with Crippen LogP contribution in [0.3, 0.4) is 0 Å². The number of hydrogen-bond donors (Lipinski definition) is 1. The van der Waals surface area contributed by atoms with Gasteiger partial charge in [0.2, 0.25) is 5.91 Å². The molecule has 27 heavy (non-hydrogen) atoms. The molecule has 0 atom stereocenters. The number of aromatic nitrogens is 1. The number of carbonyl (C=O) groups is 1. The lowest BCUT2D eigenvalue weighted by molar-refractivity contribution is -0.111. The molecule has 1 N–H and O–H groups in total. The number of methoxy groups -OCH3 is 1. The largest absolute Gasteiger partial charge is 0.496 e. The highest BCUT2D eigenvalue weighted by Gasteiger charge is 2.15. The van der Waals surface area contributed by atoms with Crippen LogP contribution in [0, 0.1) is 0 Å². The Morgan fingerprint density at radius 1 is 1.22 bits per heavy atom. The fourth-order valence-electron chi connectivity index (χ4n) is 2.59. The molecule has 6 heteroatoms. The summed E-state index contributed by atoms with van der Waals surface area (Å²) in [5, 5.41) is 3.43. The first-order valence-corrected chi connectivity index (χ1v) is 10.1. The van der Waals surface area contributed by atoms with Crippen molar-refractivity contribution < 1.29 is 9.53 Å². The fourth-order valence-corrected chi connectivity index (χ4v) is 3.88. The zero-order valence-electron chi connectivity index (χ0n) is 15.7. The van der Waals surface area contributed by atoms with Gasteiger partial charge in [0.1, 0.15) is 5.75 Å². The standard InChI is InChI=1S/C21H21BrN2O2S/c1-21(2,3)14-6-8-16-18(12-14)27-20(23-16)24-19(25)10-5-13-11-15(22)7-9-17(13)26-4/h5-12H,1-4H3,(H,23,24,25)/b10-5+. The monoisotopic (exact) mass is 444 g/mol. The Bertz CT molecular complexity index is 1020. The Kier molecular flexibility index (Phi) is 5.67. The van der Waals surface area contributed by atoms with E-state index in [0.29, 0.717) is 10.9 Å². The first-order chi connectivity index (χ1) is 12.8. The summed E-state index contributed by atoms with van der Waals surface area (Å²) in [6.45, 7) is 6.54. The van der Waals surface area contributed by atoms with Gasteiger partial charge in [-0.15, -0.1) is 0 Å². The predicted molar refractivity (Wildman–Crippen MR) is 117 cm³/mol. The number of thiazole rings is 1. The molecule has 4 nitrogen and oxygen atoms in total. The molecule has 0 saturated carbocycles. The summed E-state index contributed by atoms with van der Waals surface area (Å²) < 4.78 is 7.30. The topological polar surface area (TPSA) is 51.2 Å². The normalized spacial score (nSPS) is 11.9. The molecule has 3 rings (SSSR count). The molecule has 2 aromatic carbocycles. The Labute approximate surface area is 171 Å². The second-order valence-electron chi connectivity index (χ2n) is 7.16. The number of nitrogens with one attached hydrogen (secondary N) is 1. The average molecular weight is 445 g/mol. The molecule has 0 aliphatic heterocycles. The van der Waals surface area contributed by atoms with Crippen molar-refractivity contribution in [3.63, 3.8) is 0 Å². The first kappa shape index (κ1) is 19.6. The maximum absolute atomic E-state index is 12.3. The van der Waals surface area contributed by atoms with E-state index in [0.717, 1.165) is 20.3 Å². The Morgan fingerprint density at radius 2 is 2.00 bits per heavy atom. The molecule has 0 aliphatic carbocycles. The summed E-state index contributed by atoms with van der Waals surface area (Å²) in [7, 11) is 1.60. The molecule has 0 bridgehead atoms. The van der Waals surface area contributed by atoms with Crippen LogP contribution < -0.4 is 10.1 Å². The lowest BCUT2D eigenvalue weighted by atomic mass is 9.87. The highest BCUT2D eigenvalue weighted by Crippen LogP contribution is 2.31. The number of hydrogen-bond acceptors (Lipinski definition) is 4. The van der Waals surface area contributed by atoms with E-state index in [-0.39, 0.29) is 11.3 Å². The number of fused-ring (bicyclic) bond motifs is 1. The number of ether oxygens (including phenoxy) is 1. The molecule has 0 aliphatic rings. The predicted octanol–water partition coefficient (Wildman–Crippen LogP) is 6.02. The van der Waals surface area contributed by atoms with Crippen LogP contribution >= 0.6 is 27.3 Å². The average Bonchev–Trinajstić information content (AvgIpc) is 3.00. The van der Waals surface area contributed by atoms with Crippen molar-refractivity contribution in [3.05, 3.63) is 58.1 Å². The van der Waals surface area contributed by atoms with Gasteiger partial charge in [-0.25, -0.2) is 4.98 Å². The van der Waals surface area contributed by atoms with E-state index in [4.69, 9.17) is 4.74 Å². The van der Waals surface area contributed by atoms with Crippen molar-refractivity contribution in [2.45, 2.75) is 26.2 Å². The summed E-state index contributed by atoms with van der Waals surface area (Å²) in [6, 6.07) is 11.9. The molecular formula is C21H21BrN2O2S. The number of halogens is 1. The molecule has 3 aromatic rings. The van der Waals surface area contributed by atoms with Gasteiger partial charge in [-0.2, -0.15) is 0 Å². The third-order valence-electron chi connectivity index (χ3n) is 4.09. The number of rotatable bonds is 4. The first-order valence-electron chi connectivity index (χ1n) is 8.50. The van der Waals surface area contributed by atoms with Crippen LogP contribution in [0.15, 0.2) is 46.9 Å². The summed E-state index contributed by atoms with van der Waals surface area (Å²) in [4.78, 5) is 16.8. The van der Waals surface area contributed by atoms with Crippen molar-refractivity contribution in [1.82, 2.24) is 4.98 Å². The van der Waals surface area contributed by atoms with E-state index < -0.39 is 0 Å². The van der Waals surface area contributed by atoms with Crippen LogP contribution in [0.2, 0.25) is 0 Å². The van der Waals surface area contributed by atoms with Crippen LogP contribution in [0.5, 0.6) is 5.75 Å². The van der Waals surface area contributed by atoms with Gasteiger partial charge in [0.05, 0.1) is 17.3 Å². The second-order valence-corrected chi connectivity index (χ2v) is 9.11. The molecular weight excluding hydrogens is 424 g/mol. The maximum atomic E-state index is 12.3. The van der Waals surface area contributed by atoms with E-state index in [1.165, 1.54) is 23.0 Å². The van der Waals surface area contributed by atoms with E-state index >= 15 is 0 Å². The van der Waals surface area contributed by atoms with Gasteiger partial charge in [-0.1, -0.05) is 54.1 Å².